The summed E-state index contributed by atoms with van der Waals surface area (Å²) in [5.41, 5.74) is 6.17. The predicted molar refractivity (Wildman–Crippen MR) is 245 cm³/mol. The molecular weight excluding hydrogens is 775 g/mol. The van der Waals surface area contributed by atoms with Crippen molar-refractivity contribution in [3.05, 3.63) is 205 Å². The highest BCUT2D eigenvalue weighted by atomic mass is 16.2. The number of hydrogen-bond donors (Lipinski definition) is 6. The molecule has 0 unspecified atom stereocenters. The van der Waals surface area contributed by atoms with E-state index in [4.69, 9.17) is 0 Å². The minimum atomic E-state index is -0.269. The van der Waals surface area contributed by atoms with Crippen molar-refractivity contribution >= 4 is 67.9 Å². The summed E-state index contributed by atoms with van der Waals surface area (Å²) in [6.45, 7) is 0.651. The fraction of sp³-hybridized carbons (Fsp3) is 0.0784. The number of nitrogens with zero attached hydrogens (tertiary/aromatic N) is 1. The molecule has 0 atom stereocenters. The second-order valence-electron chi connectivity index (χ2n) is 14.7. The van der Waals surface area contributed by atoms with E-state index < -0.39 is 0 Å². The van der Waals surface area contributed by atoms with E-state index in [1.54, 1.807) is 36.4 Å². The van der Waals surface area contributed by atoms with Gasteiger partial charge in [-0.2, -0.15) is 4.57 Å². The average molecular weight is 819 g/mol. The molecule has 0 aliphatic rings. The number of carbonyl (C=O) groups excluding carboxylic acids is 4. The molecule has 4 amide bonds. The van der Waals surface area contributed by atoms with Crippen molar-refractivity contribution in [3.8, 4) is 5.69 Å². The molecule has 0 spiro atoms. The SMILES string of the molecule is O=C(CNc1ccccc1C(=O)NCc1ccc[n+](-c2ccc3cc(NC(=O)CNc4ccccc4C(=O)NCc4ccccc4)ccc3c2)c1)Nc1ccc2ccccc2c1. The van der Waals surface area contributed by atoms with Gasteiger partial charge in [-0.1, -0.05) is 91.0 Å². The Morgan fingerprint density at radius 3 is 1.56 bits per heavy atom. The van der Waals surface area contributed by atoms with Crippen LogP contribution < -0.4 is 36.5 Å². The molecule has 11 heteroatoms. The Morgan fingerprint density at radius 1 is 0.435 bits per heavy atom. The number of fused-ring (bicyclic) bond motifs is 2. The van der Waals surface area contributed by atoms with Crippen molar-refractivity contribution in [1.29, 1.82) is 0 Å². The Balaban J connectivity index is 0.838. The van der Waals surface area contributed by atoms with Gasteiger partial charge in [0.05, 0.1) is 24.2 Å². The van der Waals surface area contributed by atoms with Crippen LogP contribution in [-0.2, 0) is 22.7 Å². The number of para-hydroxylation sites is 2. The lowest BCUT2D eigenvalue weighted by Crippen LogP contribution is -2.31. The highest BCUT2D eigenvalue weighted by molar-refractivity contribution is 6.02. The molecule has 1 aromatic heterocycles. The second kappa shape index (κ2) is 19.2. The molecule has 306 valence electrons. The summed E-state index contributed by atoms with van der Waals surface area (Å²) in [4.78, 5) is 52.2. The van der Waals surface area contributed by atoms with Gasteiger partial charge >= 0.3 is 0 Å². The van der Waals surface area contributed by atoms with Crippen LogP contribution in [0.1, 0.15) is 31.8 Å². The van der Waals surface area contributed by atoms with Crippen molar-refractivity contribution in [2.45, 2.75) is 13.1 Å². The normalized spacial score (nSPS) is 10.8. The highest BCUT2D eigenvalue weighted by Crippen LogP contribution is 2.23. The molecule has 8 aromatic rings. The molecule has 62 heavy (non-hydrogen) atoms. The Labute approximate surface area is 358 Å². The smallest absolute Gasteiger partial charge is 0.253 e. The van der Waals surface area contributed by atoms with Crippen LogP contribution >= 0.6 is 0 Å². The molecule has 1 heterocycles. The van der Waals surface area contributed by atoms with Crippen molar-refractivity contribution in [3.63, 3.8) is 0 Å². The zero-order valence-corrected chi connectivity index (χ0v) is 33.7. The van der Waals surface area contributed by atoms with E-state index in [9.17, 15) is 19.2 Å². The molecule has 11 nitrogen and oxygen atoms in total. The topological polar surface area (TPSA) is 144 Å². The van der Waals surface area contributed by atoms with E-state index in [2.05, 4.69) is 38.0 Å². The first-order chi connectivity index (χ1) is 30.3. The van der Waals surface area contributed by atoms with Gasteiger partial charge < -0.3 is 31.9 Å². The van der Waals surface area contributed by atoms with Gasteiger partial charge in [0.15, 0.2) is 12.4 Å². The molecule has 0 radical (unpaired) electrons. The Morgan fingerprint density at radius 2 is 0.919 bits per heavy atom. The zero-order chi connectivity index (χ0) is 42.7. The largest absolute Gasteiger partial charge is 0.376 e. The number of benzene rings is 7. The lowest BCUT2D eigenvalue weighted by Gasteiger charge is -2.13. The minimum absolute atomic E-state index is 0.0107. The van der Waals surface area contributed by atoms with Crippen LogP contribution in [0.15, 0.2) is 182 Å². The lowest BCUT2D eigenvalue weighted by atomic mass is 10.1. The molecule has 0 aliphatic carbocycles. The third-order valence-corrected chi connectivity index (χ3v) is 10.3. The number of hydrogen-bond acceptors (Lipinski definition) is 6. The number of nitrogens with one attached hydrogen (secondary N) is 6. The average Bonchev–Trinajstić information content (AvgIpc) is 3.31. The van der Waals surface area contributed by atoms with Crippen molar-refractivity contribution < 1.29 is 23.7 Å². The van der Waals surface area contributed by atoms with Crippen LogP contribution in [0.2, 0.25) is 0 Å². The summed E-state index contributed by atoms with van der Waals surface area (Å²) in [7, 11) is 0. The molecule has 8 rings (SSSR count). The second-order valence-corrected chi connectivity index (χ2v) is 14.7. The Kier molecular flexibility index (Phi) is 12.5. The molecule has 6 N–H and O–H groups in total. The van der Waals surface area contributed by atoms with Gasteiger partial charge in [-0.15, -0.1) is 0 Å². The predicted octanol–water partition coefficient (Wildman–Crippen LogP) is 8.23. The zero-order valence-electron chi connectivity index (χ0n) is 33.7. The first-order valence-electron chi connectivity index (χ1n) is 20.2. The maximum Gasteiger partial charge on any atom is 0.253 e. The first kappa shape index (κ1) is 40.5. The number of amides is 4. The number of rotatable bonds is 15. The van der Waals surface area contributed by atoms with Crippen molar-refractivity contribution in [2.75, 3.05) is 34.4 Å². The van der Waals surface area contributed by atoms with Crippen molar-refractivity contribution in [1.82, 2.24) is 10.6 Å². The summed E-state index contributed by atoms with van der Waals surface area (Å²) >= 11 is 0. The number of anilines is 4. The van der Waals surface area contributed by atoms with E-state index in [0.717, 1.165) is 38.4 Å². The van der Waals surface area contributed by atoms with Crippen LogP contribution in [0.5, 0.6) is 0 Å². The molecule has 0 saturated heterocycles. The molecule has 0 bridgehead atoms. The molecule has 7 aromatic carbocycles. The summed E-state index contributed by atoms with van der Waals surface area (Å²) in [6.07, 6.45) is 3.91. The highest BCUT2D eigenvalue weighted by Gasteiger charge is 2.15. The summed E-state index contributed by atoms with van der Waals surface area (Å²) in [5.74, 6) is -0.975. The van der Waals surface area contributed by atoms with Crippen LogP contribution in [0.4, 0.5) is 22.7 Å². The van der Waals surface area contributed by atoms with Gasteiger partial charge in [-0.25, -0.2) is 0 Å². The van der Waals surface area contributed by atoms with Gasteiger partial charge in [0, 0.05) is 59.6 Å². The molecule has 0 fully saturated rings. The van der Waals surface area contributed by atoms with E-state index in [0.29, 0.717) is 40.4 Å². The maximum absolute atomic E-state index is 13.4. The third kappa shape index (κ3) is 10.3. The number of aromatic nitrogens is 1. The van der Waals surface area contributed by atoms with Gasteiger partial charge in [-0.3, -0.25) is 19.2 Å². The monoisotopic (exact) mass is 818 g/mol. The minimum Gasteiger partial charge on any atom is -0.376 e. The number of carbonyl (C=O) groups is 4. The summed E-state index contributed by atoms with van der Waals surface area (Å²) < 4.78 is 1.99. The van der Waals surface area contributed by atoms with Gasteiger partial charge in [0.1, 0.15) is 0 Å². The molecule has 0 aliphatic heterocycles. The lowest BCUT2D eigenvalue weighted by molar-refractivity contribution is -0.596. The van der Waals surface area contributed by atoms with Crippen molar-refractivity contribution in [2.24, 2.45) is 0 Å². The van der Waals surface area contributed by atoms with E-state index in [1.165, 1.54) is 0 Å². The van der Waals surface area contributed by atoms with Crippen LogP contribution in [-0.4, -0.2) is 36.7 Å². The van der Waals surface area contributed by atoms with Crippen LogP contribution in [0.3, 0.4) is 0 Å². The van der Waals surface area contributed by atoms with Gasteiger partial charge in [-0.05, 0) is 87.8 Å². The van der Waals surface area contributed by atoms with Gasteiger partial charge in [0.25, 0.3) is 11.8 Å². The summed E-state index contributed by atoms with van der Waals surface area (Å²) in [6, 6.07) is 53.3. The maximum atomic E-state index is 13.4. The fourth-order valence-corrected chi connectivity index (χ4v) is 7.11. The standard InChI is InChI=1S/C51H43N7O4/c59-48(56-41-23-20-37-14-4-5-15-38(37)27-41)32-53-47-19-9-7-17-45(47)51(62)55-31-36-13-10-26-58(34-36)43-25-22-39-28-42(24-21-40(39)29-43)57-49(60)33-52-46-18-8-6-16-44(46)50(61)54-30-35-11-2-1-3-12-35/h1-29,34H,30-33H2,(H5-,52,53,54,55,56,57,59,60,61,62)/p+1. The molecular formula is C51H44N7O4+. The first-order valence-corrected chi connectivity index (χ1v) is 20.2. The fourth-order valence-electron chi connectivity index (χ4n) is 7.11. The summed E-state index contributed by atoms with van der Waals surface area (Å²) in [5, 5.41) is 22.1. The third-order valence-electron chi connectivity index (χ3n) is 10.3. The van der Waals surface area contributed by atoms with E-state index in [-0.39, 0.29) is 43.3 Å². The van der Waals surface area contributed by atoms with E-state index >= 15 is 0 Å². The molecule has 0 saturated carbocycles. The van der Waals surface area contributed by atoms with E-state index in [1.807, 2.05) is 144 Å². The number of pyridine rings is 1. The van der Waals surface area contributed by atoms with Crippen LogP contribution in [0.25, 0.3) is 27.2 Å². The Bertz CT molecular complexity index is 2920. The quantitative estimate of drug-likeness (QED) is 0.0576. The Hall–Kier alpha value is -8.31. The van der Waals surface area contributed by atoms with Gasteiger partial charge in [0.2, 0.25) is 17.5 Å². The van der Waals surface area contributed by atoms with Crippen LogP contribution in [0, 0.1) is 0 Å².